The maximum atomic E-state index is 12.1. The van der Waals surface area contributed by atoms with Crippen molar-refractivity contribution in [3.63, 3.8) is 0 Å². The zero-order valence-electron chi connectivity index (χ0n) is 11.4. The molecular formula is C15H23NOS. The fourth-order valence-electron chi connectivity index (χ4n) is 2.83. The summed E-state index contributed by atoms with van der Waals surface area (Å²) in [5.74, 6) is 0.830. The van der Waals surface area contributed by atoms with E-state index in [1.54, 1.807) is 11.3 Å². The zero-order chi connectivity index (χ0) is 13.0. The highest BCUT2D eigenvalue weighted by Gasteiger charge is 2.28. The number of hydrogen-bond acceptors (Lipinski definition) is 2. The molecule has 1 fully saturated rings. The van der Waals surface area contributed by atoms with Crippen molar-refractivity contribution < 1.29 is 4.79 Å². The first-order valence-electron chi connectivity index (χ1n) is 7.08. The van der Waals surface area contributed by atoms with Crippen molar-refractivity contribution in [2.24, 2.45) is 5.92 Å². The van der Waals surface area contributed by atoms with Crippen LogP contribution in [0.15, 0.2) is 12.1 Å². The first kappa shape index (κ1) is 13.6. The number of rotatable bonds is 5. The van der Waals surface area contributed by atoms with Crippen LogP contribution in [-0.4, -0.2) is 11.9 Å². The van der Waals surface area contributed by atoms with Crippen LogP contribution in [0.1, 0.15) is 60.0 Å². The van der Waals surface area contributed by atoms with Crippen molar-refractivity contribution in [3.8, 4) is 0 Å². The van der Waals surface area contributed by atoms with Crippen LogP contribution in [0, 0.1) is 12.8 Å². The van der Waals surface area contributed by atoms with Gasteiger partial charge in [-0.1, -0.05) is 26.2 Å². The molecule has 1 amide bonds. The van der Waals surface area contributed by atoms with Crippen molar-refractivity contribution in [1.82, 2.24) is 5.32 Å². The van der Waals surface area contributed by atoms with E-state index < -0.39 is 0 Å². The van der Waals surface area contributed by atoms with Crippen molar-refractivity contribution >= 4 is 17.2 Å². The molecule has 1 aliphatic rings. The molecule has 0 spiro atoms. The predicted molar refractivity (Wildman–Crippen MR) is 77.2 cm³/mol. The molecule has 3 heteroatoms. The molecule has 1 saturated carbocycles. The summed E-state index contributed by atoms with van der Waals surface area (Å²) in [5, 5.41) is 3.24. The quantitative estimate of drug-likeness (QED) is 0.851. The second kappa shape index (κ2) is 6.37. The third kappa shape index (κ3) is 3.35. The molecule has 0 aromatic carbocycles. The molecule has 2 unspecified atom stereocenters. The molecule has 2 rings (SSSR count). The van der Waals surface area contributed by atoms with Gasteiger partial charge in [0, 0.05) is 10.9 Å². The van der Waals surface area contributed by atoms with Gasteiger partial charge < -0.3 is 5.32 Å². The smallest absolute Gasteiger partial charge is 0.261 e. The van der Waals surface area contributed by atoms with Gasteiger partial charge in [-0.3, -0.25) is 4.79 Å². The van der Waals surface area contributed by atoms with Gasteiger partial charge >= 0.3 is 0 Å². The van der Waals surface area contributed by atoms with Gasteiger partial charge in [0.25, 0.3) is 5.91 Å². The Balaban J connectivity index is 1.90. The van der Waals surface area contributed by atoms with Crippen LogP contribution in [0.5, 0.6) is 0 Å². The SMILES string of the molecule is CCCCC1CCCC1NC(=O)c1ccc(C)s1. The van der Waals surface area contributed by atoms with Gasteiger partial charge in [-0.2, -0.15) is 0 Å². The van der Waals surface area contributed by atoms with Gasteiger partial charge in [-0.05, 0) is 44.2 Å². The number of hydrogen-bond donors (Lipinski definition) is 1. The fraction of sp³-hybridized carbons (Fsp3) is 0.667. The number of carbonyl (C=O) groups is 1. The second-order valence-electron chi connectivity index (χ2n) is 5.32. The molecule has 0 saturated heterocycles. The van der Waals surface area contributed by atoms with Crippen molar-refractivity contribution in [2.45, 2.75) is 58.4 Å². The Morgan fingerprint density at radius 3 is 2.94 bits per heavy atom. The average Bonchev–Trinajstić information content (AvgIpc) is 2.96. The Kier molecular flexibility index (Phi) is 4.81. The summed E-state index contributed by atoms with van der Waals surface area (Å²) < 4.78 is 0. The topological polar surface area (TPSA) is 29.1 Å². The summed E-state index contributed by atoms with van der Waals surface area (Å²) in [4.78, 5) is 14.2. The Bertz CT molecular complexity index is 399. The predicted octanol–water partition coefficient (Wildman–Crippen LogP) is 4.15. The molecule has 0 bridgehead atoms. The van der Waals surface area contributed by atoms with Crippen LogP contribution >= 0.6 is 11.3 Å². The molecule has 1 heterocycles. The minimum atomic E-state index is 0.126. The molecule has 100 valence electrons. The van der Waals surface area contributed by atoms with E-state index >= 15 is 0 Å². The summed E-state index contributed by atoms with van der Waals surface area (Å²) >= 11 is 1.59. The highest BCUT2D eigenvalue weighted by atomic mass is 32.1. The third-order valence-electron chi connectivity index (χ3n) is 3.87. The van der Waals surface area contributed by atoms with E-state index in [2.05, 4.69) is 12.2 Å². The normalized spacial score (nSPS) is 23.2. The van der Waals surface area contributed by atoms with E-state index in [0.29, 0.717) is 12.0 Å². The van der Waals surface area contributed by atoms with E-state index in [4.69, 9.17) is 0 Å². The van der Waals surface area contributed by atoms with Gasteiger partial charge in [0.2, 0.25) is 0 Å². The molecule has 2 nitrogen and oxygen atoms in total. The molecule has 1 aromatic rings. The number of nitrogens with one attached hydrogen (secondary N) is 1. The maximum absolute atomic E-state index is 12.1. The van der Waals surface area contributed by atoms with Gasteiger partial charge in [0.05, 0.1) is 4.88 Å². The Hall–Kier alpha value is -0.830. The third-order valence-corrected chi connectivity index (χ3v) is 4.87. The van der Waals surface area contributed by atoms with Crippen molar-refractivity contribution in [2.75, 3.05) is 0 Å². The van der Waals surface area contributed by atoms with Crippen LogP contribution in [0.4, 0.5) is 0 Å². The number of amides is 1. The average molecular weight is 265 g/mol. The zero-order valence-corrected chi connectivity index (χ0v) is 12.2. The van der Waals surface area contributed by atoms with E-state index in [9.17, 15) is 4.79 Å². The second-order valence-corrected chi connectivity index (χ2v) is 6.61. The van der Waals surface area contributed by atoms with Gasteiger partial charge in [-0.25, -0.2) is 0 Å². The van der Waals surface area contributed by atoms with E-state index in [1.807, 2.05) is 19.1 Å². The Morgan fingerprint density at radius 1 is 1.44 bits per heavy atom. The Labute approximate surface area is 114 Å². The van der Waals surface area contributed by atoms with Crippen LogP contribution in [0.3, 0.4) is 0 Å². The van der Waals surface area contributed by atoms with Crippen LogP contribution in [0.25, 0.3) is 0 Å². The standard InChI is InChI=1S/C15H23NOS/c1-3-4-6-12-7-5-8-13(12)16-15(17)14-10-9-11(2)18-14/h9-10,12-13H,3-8H2,1-2H3,(H,16,17). The molecule has 1 aliphatic carbocycles. The summed E-state index contributed by atoms with van der Waals surface area (Å²) in [6, 6.07) is 4.36. The number of thiophene rings is 1. The van der Waals surface area contributed by atoms with Crippen molar-refractivity contribution in [3.05, 3.63) is 21.9 Å². The summed E-state index contributed by atoms with van der Waals surface area (Å²) in [7, 11) is 0. The van der Waals surface area contributed by atoms with E-state index in [1.165, 1.54) is 37.0 Å². The lowest BCUT2D eigenvalue weighted by molar-refractivity contribution is 0.0930. The highest BCUT2D eigenvalue weighted by molar-refractivity contribution is 7.13. The number of carbonyl (C=O) groups excluding carboxylic acids is 1. The highest BCUT2D eigenvalue weighted by Crippen LogP contribution is 2.30. The van der Waals surface area contributed by atoms with Crippen molar-refractivity contribution in [1.29, 1.82) is 0 Å². The van der Waals surface area contributed by atoms with Gasteiger partial charge in [0.1, 0.15) is 0 Å². The van der Waals surface area contributed by atoms with E-state index in [0.717, 1.165) is 11.3 Å². The first-order chi connectivity index (χ1) is 8.70. The Morgan fingerprint density at radius 2 is 2.28 bits per heavy atom. The summed E-state index contributed by atoms with van der Waals surface area (Å²) in [6.45, 7) is 4.28. The number of aryl methyl sites for hydroxylation is 1. The molecule has 0 radical (unpaired) electrons. The van der Waals surface area contributed by atoms with Crippen LogP contribution < -0.4 is 5.32 Å². The van der Waals surface area contributed by atoms with Gasteiger partial charge in [-0.15, -0.1) is 11.3 Å². The van der Waals surface area contributed by atoms with Crippen LogP contribution in [0.2, 0.25) is 0 Å². The minimum absolute atomic E-state index is 0.126. The van der Waals surface area contributed by atoms with Crippen LogP contribution in [-0.2, 0) is 0 Å². The molecule has 18 heavy (non-hydrogen) atoms. The lowest BCUT2D eigenvalue weighted by atomic mass is 9.97. The van der Waals surface area contributed by atoms with E-state index in [-0.39, 0.29) is 5.91 Å². The van der Waals surface area contributed by atoms with Gasteiger partial charge in [0.15, 0.2) is 0 Å². The minimum Gasteiger partial charge on any atom is -0.348 e. The summed E-state index contributed by atoms with van der Waals surface area (Å²) in [5.41, 5.74) is 0. The monoisotopic (exact) mass is 265 g/mol. The largest absolute Gasteiger partial charge is 0.348 e. The molecule has 1 N–H and O–H groups in total. The molecular weight excluding hydrogens is 242 g/mol. The lowest BCUT2D eigenvalue weighted by Crippen LogP contribution is -2.36. The lowest BCUT2D eigenvalue weighted by Gasteiger charge is -2.20. The molecule has 2 atom stereocenters. The summed E-state index contributed by atoms with van der Waals surface area (Å²) in [6.07, 6.45) is 7.52. The molecule has 0 aliphatic heterocycles. The molecule has 1 aromatic heterocycles. The number of unbranched alkanes of at least 4 members (excludes halogenated alkanes) is 1. The fourth-order valence-corrected chi connectivity index (χ4v) is 3.61. The maximum Gasteiger partial charge on any atom is 0.261 e. The first-order valence-corrected chi connectivity index (χ1v) is 7.89.